The van der Waals surface area contributed by atoms with Crippen molar-refractivity contribution in [1.82, 2.24) is 15.0 Å². The minimum atomic E-state index is -1.29. The lowest BCUT2D eigenvalue weighted by molar-refractivity contribution is 0.209. The smallest absolute Gasteiger partial charge is 0.411 e. The number of carbonyl (C=O) groups is 1. The van der Waals surface area contributed by atoms with Gasteiger partial charge in [0.05, 0.1) is 0 Å². The van der Waals surface area contributed by atoms with Crippen molar-refractivity contribution in [1.29, 1.82) is 0 Å². The Morgan fingerprint density at radius 2 is 1.75 bits per heavy atom. The van der Waals surface area contributed by atoms with Crippen molar-refractivity contribution in [3.8, 4) is 0 Å². The minimum absolute atomic E-state index is 0.133. The van der Waals surface area contributed by atoms with Crippen LogP contribution in [0.1, 0.15) is 0 Å². The Labute approximate surface area is 66.6 Å². The maximum absolute atomic E-state index is 10.1. The van der Waals surface area contributed by atoms with Gasteiger partial charge in [0.15, 0.2) is 0 Å². The lowest BCUT2D eigenvalue weighted by atomic mass is 10.8. The van der Waals surface area contributed by atoms with Crippen LogP contribution in [0.5, 0.6) is 0 Å². The Morgan fingerprint density at radius 1 is 1.25 bits per heavy atom. The molecule has 8 heteroatoms. The molecule has 1 aromatic heterocycles. The highest BCUT2D eigenvalue weighted by atomic mass is 16.4. The van der Waals surface area contributed by atoms with E-state index < -0.39 is 6.09 Å². The standard InChI is InChI=1S/C4H6N6O2/c5-1-7-2(6)9-3(8-1)10-4(11)12/h(H,11,12)(H5,5,6,7,8,9,10). The summed E-state index contributed by atoms with van der Waals surface area (Å²) in [5.41, 5.74) is 10.3. The van der Waals surface area contributed by atoms with E-state index in [0.717, 1.165) is 0 Å². The topological polar surface area (TPSA) is 140 Å². The van der Waals surface area contributed by atoms with Gasteiger partial charge in [0, 0.05) is 0 Å². The molecule has 0 spiro atoms. The molecule has 0 unspecified atom stereocenters. The Kier molecular flexibility index (Phi) is 1.90. The van der Waals surface area contributed by atoms with Gasteiger partial charge in [-0.05, 0) is 0 Å². The van der Waals surface area contributed by atoms with Crippen LogP contribution in [0.4, 0.5) is 22.6 Å². The fourth-order valence-electron chi connectivity index (χ4n) is 0.561. The number of rotatable bonds is 1. The summed E-state index contributed by atoms with van der Waals surface area (Å²) in [6.45, 7) is 0. The van der Waals surface area contributed by atoms with Gasteiger partial charge in [0.2, 0.25) is 17.8 Å². The molecule has 64 valence electrons. The third-order valence-electron chi connectivity index (χ3n) is 0.889. The molecule has 0 bridgehead atoms. The number of carboxylic acid groups (broad SMARTS) is 1. The molecule has 0 radical (unpaired) electrons. The molecular weight excluding hydrogens is 164 g/mol. The Morgan fingerprint density at radius 3 is 2.17 bits per heavy atom. The minimum Gasteiger partial charge on any atom is -0.465 e. The molecule has 0 fully saturated rings. The van der Waals surface area contributed by atoms with Gasteiger partial charge in [-0.15, -0.1) is 0 Å². The average molecular weight is 170 g/mol. The number of amides is 1. The molecule has 6 N–H and O–H groups in total. The molecule has 1 heterocycles. The first-order valence-electron chi connectivity index (χ1n) is 2.85. The summed E-state index contributed by atoms with van der Waals surface area (Å²) in [7, 11) is 0. The first kappa shape index (κ1) is 7.98. The van der Waals surface area contributed by atoms with Gasteiger partial charge in [0.1, 0.15) is 0 Å². The van der Waals surface area contributed by atoms with Gasteiger partial charge in [0.25, 0.3) is 0 Å². The molecule has 0 aromatic carbocycles. The molecule has 0 aliphatic rings. The predicted octanol–water partition coefficient (Wildman–Crippen LogP) is -0.874. The van der Waals surface area contributed by atoms with E-state index in [1.54, 1.807) is 0 Å². The summed E-state index contributed by atoms with van der Waals surface area (Å²) in [4.78, 5) is 20.5. The van der Waals surface area contributed by atoms with Crippen molar-refractivity contribution in [2.75, 3.05) is 16.8 Å². The van der Waals surface area contributed by atoms with Gasteiger partial charge in [-0.3, -0.25) is 5.32 Å². The molecule has 12 heavy (non-hydrogen) atoms. The summed E-state index contributed by atoms with van der Waals surface area (Å²) < 4.78 is 0. The van der Waals surface area contributed by atoms with Crippen LogP contribution in [0, 0.1) is 0 Å². The first-order valence-corrected chi connectivity index (χ1v) is 2.85. The van der Waals surface area contributed by atoms with Crippen molar-refractivity contribution in [3.63, 3.8) is 0 Å². The summed E-state index contributed by atoms with van der Waals surface area (Å²) in [5, 5.41) is 10.1. The molecule has 8 nitrogen and oxygen atoms in total. The number of nitrogens with zero attached hydrogens (tertiary/aromatic N) is 3. The molecule has 0 saturated heterocycles. The highest BCUT2D eigenvalue weighted by Crippen LogP contribution is 2.02. The van der Waals surface area contributed by atoms with E-state index in [4.69, 9.17) is 16.6 Å². The normalized spacial score (nSPS) is 9.33. The number of anilines is 3. The van der Waals surface area contributed by atoms with E-state index in [1.165, 1.54) is 0 Å². The second-order valence-electron chi connectivity index (χ2n) is 1.81. The van der Waals surface area contributed by atoms with Crippen LogP contribution in [-0.2, 0) is 0 Å². The van der Waals surface area contributed by atoms with E-state index in [9.17, 15) is 4.79 Å². The third-order valence-corrected chi connectivity index (χ3v) is 0.889. The van der Waals surface area contributed by atoms with Crippen LogP contribution in [0.2, 0.25) is 0 Å². The number of nitrogens with two attached hydrogens (primary N) is 2. The molecular formula is C4H6N6O2. The second-order valence-corrected chi connectivity index (χ2v) is 1.81. The molecule has 1 rings (SSSR count). The summed E-state index contributed by atoms with van der Waals surface area (Å²) in [6, 6.07) is 0. The van der Waals surface area contributed by atoms with Crippen molar-refractivity contribution in [3.05, 3.63) is 0 Å². The van der Waals surface area contributed by atoms with Crippen LogP contribution < -0.4 is 16.8 Å². The Balaban J connectivity index is 2.93. The summed E-state index contributed by atoms with van der Waals surface area (Å²) >= 11 is 0. The predicted molar refractivity (Wildman–Crippen MR) is 40.3 cm³/mol. The van der Waals surface area contributed by atoms with Crippen LogP contribution in [0.15, 0.2) is 0 Å². The van der Waals surface area contributed by atoms with E-state index in [-0.39, 0.29) is 17.8 Å². The zero-order valence-corrected chi connectivity index (χ0v) is 5.85. The van der Waals surface area contributed by atoms with Crippen molar-refractivity contribution >= 4 is 23.9 Å². The summed E-state index contributed by atoms with van der Waals surface area (Å²) in [5.74, 6) is -0.454. The molecule has 0 aliphatic heterocycles. The first-order chi connectivity index (χ1) is 5.58. The van der Waals surface area contributed by atoms with E-state index in [2.05, 4.69) is 15.0 Å². The average Bonchev–Trinajstić information content (AvgIpc) is 1.81. The van der Waals surface area contributed by atoms with E-state index in [0.29, 0.717) is 0 Å². The van der Waals surface area contributed by atoms with Crippen molar-refractivity contribution in [2.45, 2.75) is 0 Å². The highest BCUT2D eigenvalue weighted by Gasteiger charge is 2.03. The van der Waals surface area contributed by atoms with E-state index >= 15 is 0 Å². The molecule has 0 saturated carbocycles. The van der Waals surface area contributed by atoms with Gasteiger partial charge in [-0.2, -0.15) is 15.0 Å². The van der Waals surface area contributed by atoms with Crippen molar-refractivity contribution in [2.24, 2.45) is 0 Å². The van der Waals surface area contributed by atoms with Gasteiger partial charge >= 0.3 is 6.09 Å². The third kappa shape index (κ3) is 1.94. The van der Waals surface area contributed by atoms with E-state index in [1.807, 2.05) is 5.32 Å². The van der Waals surface area contributed by atoms with Gasteiger partial charge in [-0.1, -0.05) is 0 Å². The highest BCUT2D eigenvalue weighted by molar-refractivity contribution is 5.80. The second kappa shape index (κ2) is 2.86. The fraction of sp³-hybridized carbons (Fsp3) is 0. The lowest BCUT2D eigenvalue weighted by Gasteiger charge is -1.99. The van der Waals surface area contributed by atoms with Crippen LogP contribution in [-0.4, -0.2) is 26.2 Å². The number of nitrogen functional groups attached to an aromatic ring is 2. The maximum Gasteiger partial charge on any atom is 0.411 e. The van der Waals surface area contributed by atoms with Crippen LogP contribution in [0.3, 0.4) is 0 Å². The monoisotopic (exact) mass is 170 g/mol. The zero-order valence-electron chi connectivity index (χ0n) is 5.85. The van der Waals surface area contributed by atoms with Gasteiger partial charge < -0.3 is 16.6 Å². The fourth-order valence-corrected chi connectivity index (χ4v) is 0.561. The SMILES string of the molecule is Nc1nc(N)nc(NC(=O)O)n1. The Hall–Kier alpha value is -2.12. The molecule has 0 aliphatic carbocycles. The van der Waals surface area contributed by atoms with Crippen LogP contribution >= 0.6 is 0 Å². The molecule has 0 atom stereocenters. The number of nitrogens with one attached hydrogen (secondary N) is 1. The maximum atomic E-state index is 10.1. The molecule has 1 aromatic rings. The summed E-state index contributed by atoms with van der Waals surface area (Å²) in [6.07, 6.45) is -1.29. The zero-order chi connectivity index (χ0) is 9.14. The number of aromatic nitrogens is 3. The van der Waals surface area contributed by atoms with Gasteiger partial charge in [-0.25, -0.2) is 4.79 Å². The van der Waals surface area contributed by atoms with Crippen molar-refractivity contribution < 1.29 is 9.90 Å². The lowest BCUT2D eigenvalue weighted by Crippen LogP contribution is -2.13. The number of hydrogen-bond donors (Lipinski definition) is 4. The molecule has 1 amide bonds. The Bertz CT molecular complexity index is 292. The number of hydrogen-bond acceptors (Lipinski definition) is 6. The quantitative estimate of drug-likeness (QED) is 0.429. The largest absolute Gasteiger partial charge is 0.465 e. The van der Waals surface area contributed by atoms with Crippen LogP contribution in [0.25, 0.3) is 0 Å².